The number of hydrogen-bond acceptors (Lipinski definition) is 6. The lowest BCUT2D eigenvalue weighted by Gasteiger charge is -2.26. The van der Waals surface area contributed by atoms with Crippen LogP contribution in [0.4, 0.5) is 17.1 Å². The molecular weight excluding hydrogens is 432 g/mol. The monoisotopic (exact) mass is 458 g/mol. The maximum atomic E-state index is 13.1. The largest absolute Gasteiger partial charge is 0.366 e. The first-order valence-electron chi connectivity index (χ1n) is 10.8. The number of amides is 1. The molecule has 0 unspecified atom stereocenters. The van der Waals surface area contributed by atoms with Gasteiger partial charge in [0.15, 0.2) is 0 Å². The van der Waals surface area contributed by atoms with Crippen LogP contribution in [-0.4, -0.2) is 49.7 Å². The molecule has 0 radical (unpaired) electrons. The smallest absolute Gasteiger partial charge is 0.293 e. The highest BCUT2D eigenvalue weighted by Crippen LogP contribution is 2.32. The Morgan fingerprint density at radius 1 is 0.938 bits per heavy atom. The van der Waals surface area contributed by atoms with E-state index in [1.165, 1.54) is 28.6 Å². The number of carbonyl (C=O) groups excluding carboxylic acids is 1. The zero-order valence-corrected chi connectivity index (χ0v) is 18.5. The van der Waals surface area contributed by atoms with E-state index in [0.29, 0.717) is 18.8 Å². The highest BCUT2D eigenvalue weighted by Gasteiger charge is 2.29. The minimum atomic E-state index is -3.76. The molecule has 2 fully saturated rings. The molecule has 0 aromatic heterocycles. The van der Waals surface area contributed by atoms with Crippen molar-refractivity contribution >= 4 is 33.0 Å². The third-order valence-electron chi connectivity index (χ3n) is 5.95. The Hall–Kier alpha value is -2.98. The van der Waals surface area contributed by atoms with Crippen molar-refractivity contribution in [3.63, 3.8) is 0 Å². The normalized spacial score (nSPS) is 17.3. The molecule has 2 aromatic rings. The van der Waals surface area contributed by atoms with Crippen molar-refractivity contribution in [1.29, 1.82) is 0 Å². The van der Waals surface area contributed by atoms with E-state index in [-0.39, 0.29) is 21.8 Å². The fourth-order valence-electron chi connectivity index (χ4n) is 4.27. The van der Waals surface area contributed by atoms with Crippen molar-refractivity contribution in [1.82, 2.24) is 4.31 Å². The van der Waals surface area contributed by atoms with Crippen molar-refractivity contribution < 1.29 is 18.1 Å². The van der Waals surface area contributed by atoms with E-state index < -0.39 is 20.9 Å². The van der Waals surface area contributed by atoms with Gasteiger partial charge in [0.1, 0.15) is 10.6 Å². The van der Waals surface area contributed by atoms with E-state index in [4.69, 9.17) is 0 Å². The number of nitrogens with zero attached hydrogens (tertiary/aromatic N) is 3. The van der Waals surface area contributed by atoms with Crippen LogP contribution in [0.3, 0.4) is 0 Å². The quantitative estimate of drug-likeness (QED) is 0.523. The van der Waals surface area contributed by atoms with E-state index in [0.717, 1.165) is 45.2 Å². The number of nitro groups is 1. The third kappa shape index (κ3) is 4.46. The third-order valence-corrected chi connectivity index (χ3v) is 7.91. The van der Waals surface area contributed by atoms with E-state index in [2.05, 4.69) is 5.32 Å². The van der Waals surface area contributed by atoms with Crippen LogP contribution in [0.15, 0.2) is 47.4 Å². The first-order valence-corrected chi connectivity index (χ1v) is 12.3. The molecule has 0 spiro atoms. The molecule has 10 heteroatoms. The van der Waals surface area contributed by atoms with Gasteiger partial charge in [-0.05, 0) is 49.9 Å². The van der Waals surface area contributed by atoms with Crippen LogP contribution in [0.1, 0.15) is 42.5 Å². The molecule has 2 aromatic carbocycles. The van der Waals surface area contributed by atoms with Crippen LogP contribution in [-0.2, 0) is 10.0 Å². The molecule has 0 atom stereocenters. The number of para-hydroxylation sites is 1. The Kier molecular flexibility index (Phi) is 6.43. The minimum absolute atomic E-state index is 0.0263. The molecular formula is C22H26N4O5S. The maximum Gasteiger partial charge on any atom is 0.293 e. The molecule has 9 nitrogen and oxygen atoms in total. The summed E-state index contributed by atoms with van der Waals surface area (Å²) in [6.45, 7) is 2.39. The van der Waals surface area contributed by atoms with E-state index in [9.17, 15) is 23.3 Å². The Bertz CT molecular complexity index is 1120. The number of rotatable bonds is 6. The fraction of sp³-hybridized carbons (Fsp3) is 0.409. The molecule has 2 heterocycles. The van der Waals surface area contributed by atoms with Gasteiger partial charge < -0.3 is 10.2 Å². The van der Waals surface area contributed by atoms with Gasteiger partial charge in [-0.3, -0.25) is 14.9 Å². The van der Waals surface area contributed by atoms with Crippen LogP contribution >= 0.6 is 0 Å². The van der Waals surface area contributed by atoms with Gasteiger partial charge in [0.25, 0.3) is 11.6 Å². The Morgan fingerprint density at radius 2 is 1.59 bits per heavy atom. The summed E-state index contributed by atoms with van der Waals surface area (Å²) < 4.78 is 27.7. The zero-order valence-electron chi connectivity index (χ0n) is 17.7. The van der Waals surface area contributed by atoms with Crippen molar-refractivity contribution in [2.24, 2.45) is 0 Å². The lowest BCUT2D eigenvalue weighted by Crippen LogP contribution is -2.36. The van der Waals surface area contributed by atoms with Crippen LogP contribution in [0.5, 0.6) is 0 Å². The zero-order chi connectivity index (χ0) is 22.7. The standard InChI is InChI=1S/C22H26N4O5S/c27-22(17-10-11-19(20(16-17)26(28)29)24-12-6-7-13-24)23-18-8-2-3-9-21(18)32(30,31)25-14-4-1-5-15-25/h2-3,8-11,16H,1,4-7,12-15H2,(H,23,27). The summed E-state index contributed by atoms with van der Waals surface area (Å²) in [7, 11) is -3.76. The summed E-state index contributed by atoms with van der Waals surface area (Å²) in [5, 5.41) is 14.3. The number of nitrogens with one attached hydrogen (secondary N) is 1. The summed E-state index contributed by atoms with van der Waals surface area (Å²) in [6.07, 6.45) is 4.56. The average Bonchev–Trinajstić information content (AvgIpc) is 3.34. The molecule has 0 aliphatic carbocycles. The van der Waals surface area contributed by atoms with Gasteiger partial charge in [0, 0.05) is 37.8 Å². The number of carbonyl (C=O) groups is 1. The van der Waals surface area contributed by atoms with Gasteiger partial charge in [-0.1, -0.05) is 18.6 Å². The van der Waals surface area contributed by atoms with Crippen molar-refractivity contribution in [2.75, 3.05) is 36.4 Å². The van der Waals surface area contributed by atoms with Gasteiger partial charge in [-0.2, -0.15) is 4.31 Å². The topological polar surface area (TPSA) is 113 Å². The number of hydrogen-bond donors (Lipinski definition) is 1. The number of nitro benzene ring substituents is 1. The summed E-state index contributed by atoms with van der Waals surface area (Å²) >= 11 is 0. The van der Waals surface area contributed by atoms with Crippen molar-refractivity contribution in [3.05, 3.63) is 58.1 Å². The molecule has 2 aliphatic rings. The molecule has 0 saturated carbocycles. The SMILES string of the molecule is O=C(Nc1ccccc1S(=O)(=O)N1CCCCC1)c1ccc(N2CCCC2)c([N+](=O)[O-])c1. The second-order valence-electron chi connectivity index (χ2n) is 8.07. The first kappa shape index (κ1) is 22.2. The molecule has 1 amide bonds. The van der Waals surface area contributed by atoms with Gasteiger partial charge in [0.2, 0.25) is 10.0 Å². The molecule has 32 heavy (non-hydrogen) atoms. The minimum Gasteiger partial charge on any atom is -0.366 e. The number of anilines is 2. The average molecular weight is 459 g/mol. The predicted octanol–water partition coefficient (Wildman–Crippen LogP) is 3.62. The number of sulfonamides is 1. The molecule has 1 N–H and O–H groups in total. The molecule has 2 aliphatic heterocycles. The highest BCUT2D eigenvalue weighted by molar-refractivity contribution is 7.89. The van der Waals surface area contributed by atoms with E-state index in [1.54, 1.807) is 18.2 Å². The highest BCUT2D eigenvalue weighted by atomic mass is 32.2. The lowest BCUT2D eigenvalue weighted by atomic mass is 10.1. The Labute approximate surface area is 187 Å². The molecule has 0 bridgehead atoms. The van der Waals surface area contributed by atoms with E-state index in [1.807, 2.05) is 4.90 Å². The lowest BCUT2D eigenvalue weighted by molar-refractivity contribution is -0.384. The number of benzene rings is 2. The summed E-state index contributed by atoms with van der Waals surface area (Å²) in [5.74, 6) is -0.595. The fourth-order valence-corrected chi connectivity index (χ4v) is 5.93. The van der Waals surface area contributed by atoms with Crippen LogP contribution in [0.25, 0.3) is 0 Å². The van der Waals surface area contributed by atoms with Crippen LogP contribution < -0.4 is 10.2 Å². The summed E-state index contributed by atoms with van der Waals surface area (Å²) in [5.41, 5.74) is 0.630. The van der Waals surface area contributed by atoms with Gasteiger partial charge in [-0.25, -0.2) is 8.42 Å². The summed E-state index contributed by atoms with van der Waals surface area (Å²) in [4.78, 5) is 26.0. The van der Waals surface area contributed by atoms with E-state index >= 15 is 0 Å². The second kappa shape index (κ2) is 9.25. The molecule has 2 saturated heterocycles. The number of piperidine rings is 1. The Morgan fingerprint density at radius 3 is 2.28 bits per heavy atom. The van der Waals surface area contributed by atoms with Crippen molar-refractivity contribution in [2.45, 2.75) is 37.0 Å². The van der Waals surface area contributed by atoms with Gasteiger partial charge in [0.05, 0.1) is 10.6 Å². The van der Waals surface area contributed by atoms with Gasteiger partial charge >= 0.3 is 0 Å². The maximum absolute atomic E-state index is 13.1. The van der Waals surface area contributed by atoms with Crippen LogP contribution in [0.2, 0.25) is 0 Å². The van der Waals surface area contributed by atoms with Gasteiger partial charge in [-0.15, -0.1) is 0 Å². The first-order chi connectivity index (χ1) is 15.4. The van der Waals surface area contributed by atoms with Crippen molar-refractivity contribution in [3.8, 4) is 0 Å². The predicted molar refractivity (Wildman–Crippen MR) is 122 cm³/mol. The molecule has 170 valence electrons. The van der Waals surface area contributed by atoms with Crippen LogP contribution in [0, 0.1) is 10.1 Å². The Balaban J connectivity index is 1.61. The molecule has 4 rings (SSSR count). The second-order valence-corrected chi connectivity index (χ2v) is 9.98. The summed E-state index contributed by atoms with van der Waals surface area (Å²) in [6, 6.07) is 10.6.